The molecule has 0 aromatic rings. The summed E-state index contributed by atoms with van der Waals surface area (Å²) in [5.74, 6) is -1.54. The average Bonchev–Trinajstić information content (AvgIpc) is 3.50. The fourth-order valence-corrected chi connectivity index (χ4v) is 6.18. The predicted molar refractivity (Wildman–Crippen MR) is 135 cm³/mol. The number of aliphatic carboxylic acids is 1. The number of rotatable bonds is 16. The maximum Gasteiger partial charge on any atom is 0.326 e. The highest BCUT2D eigenvalue weighted by Crippen LogP contribution is 2.33. The van der Waals surface area contributed by atoms with Crippen molar-refractivity contribution in [1.82, 2.24) is 26.2 Å². The summed E-state index contributed by atoms with van der Waals surface area (Å²) < 4.78 is 0. The normalized spacial score (nSPS) is 23.0. The van der Waals surface area contributed by atoms with Crippen LogP contribution in [-0.4, -0.2) is 87.9 Å². The standard InChI is InChI=1S/C24H35N5O7S/c30-18(8-2-1-7-17-22-16(14-37-17)27-24(36)28-22)25-12-4-3-6-15(23(34)35)26-19(31)9-5-13-29-20(32)10-11-21(29)33/h10-11,15-17,22H,1-9,12-14H2,(H,25,30)(H,26,31)(H,34,35)(H2,27,28,36)/t15-,16-,17-,22-/m0/s1. The van der Waals surface area contributed by atoms with Gasteiger partial charge in [-0.3, -0.25) is 24.1 Å². The molecule has 12 nitrogen and oxygen atoms in total. The van der Waals surface area contributed by atoms with Crippen LogP contribution in [0.25, 0.3) is 0 Å². The van der Waals surface area contributed by atoms with Gasteiger partial charge in [0.05, 0.1) is 12.1 Å². The van der Waals surface area contributed by atoms with E-state index in [1.165, 1.54) is 12.2 Å². The number of hydrogen-bond acceptors (Lipinski definition) is 7. The summed E-state index contributed by atoms with van der Waals surface area (Å²) in [6.07, 6.45) is 6.99. The third kappa shape index (κ3) is 8.76. The van der Waals surface area contributed by atoms with Crippen LogP contribution in [0.4, 0.5) is 4.79 Å². The van der Waals surface area contributed by atoms with Crippen molar-refractivity contribution in [3.8, 4) is 0 Å². The molecule has 5 N–H and O–H groups in total. The molecule has 0 saturated carbocycles. The molecule has 0 aliphatic carbocycles. The number of thioether (sulfide) groups is 1. The number of carboxylic acid groups (broad SMARTS) is 1. The maximum absolute atomic E-state index is 12.1. The fraction of sp³-hybridized carbons (Fsp3) is 0.667. The van der Waals surface area contributed by atoms with Crippen LogP contribution in [0.3, 0.4) is 0 Å². The number of urea groups is 1. The quantitative estimate of drug-likeness (QED) is 0.106. The molecule has 3 aliphatic heterocycles. The molecule has 0 unspecified atom stereocenters. The molecule has 37 heavy (non-hydrogen) atoms. The second-order valence-corrected chi connectivity index (χ2v) is 10.7. The van der Waals surface area contributed by atoms with Crippen molar-refractivity contribution >= 4 is 47.4 Å². The van der Waals surface area contributed by atoms with Crippen LogP contribution in [0.1, 0.15) is 57.8 Å². The third-order valence-corrected chi connectivity index (χ3v) is 8.15. The second kappa shape index (κ2) is 14.0. The van der Waals surface area contributed by atoms with Gasteiger partial charge in [0.15, 0.2) is 0 Å². The van der Waals surface area contributed by atoms with Crippen LogP contribution in [0.5, 0.6) is 0 Å². The Morgan fingerprint density at radius 1 is 1.00 bits per heavy atom. The van der Waals surface area contributed by atoms with Crippen molar-refractivity contribution in [2.24, 2.45) is 0 Å². The molecule has 2 fully saturated rings. The highest BCUT2D eigenvalue weighted by molar-refractivity contribution is 8.00. The van der Waals surface area contributed by atoms with E-state index in [9.17, 15) is 33.9 Å². The van der Waals surface area contributed by atoms with E-state index in [4.69, 9.17) is 0 Å². The molecule has 0 bridgehead atoms. The molecule has 0 spiro atoms. The Morgan fingerprint density at radius 3 is 2.46 bits per heavy atom. The Kier molecular flexibility index (Phi) is 10.8. The summed E-state index contributed by atoms with van der Waals surface area (Å²) in [6, 6.07) is -0.751. The number of hydrogen-bond donors (Lipinski definition) is 5. The highest BCUT2D eigenvalue weighted by Gasteiger charge is 2.42. The molecule has 6 amide bonds. The summed E-state index contributed by atoms with van der Waals surface area (Å²) in [5, 5.41) is 21.0. The van der Waals surface area contributed by atoms with E-state index in [1.807, 2.05) is 11.8 Å². The van der Waals surface area contributed by atoms with Crippen LogP contribution in [0.15, 0.2) is 12.2 Å². The summed E-state index contributed by atoms with van der Waals surface area (Å²) in [4.78, 5) is 71.1. The monoisotopic (exact) mass is 537 g/mol. The van der Waals surface area contributed by atoms with Gasteiger partial charge in [0.2, 0.25) is 11.8 Å². The minimum absolute atomic E-state index is 0.00307. The highest BCUT2D eigenvalue weighted by atomic mass is 32.2. The van der Waals surface area contributed by atoms with Gasteiger partial charge in [-0.1, -0.05) is 6.42 Å². The van der Waals surface area contributed by atoms with Crippen molar-refractivity contribution < 1.29 is 33.9 Å². The Balaban J connectivity index is 1.20. The van der Waals surface area contributed by atoms with Gasteiger partial charge in [-0.15, -0.1) is 0 Å². The van der Waals surface area contributed by atoms with Crippen LogP contribution in [-0.2, 0) is 24.0 Å². The third-order valence-electron chi connectivity index (χ3n) is 6.64. The second-order valence-electron chi connectivity index (χ2n) is 9.44. The molecule has 0 aromatic heterocycles. The van der Waals surface area contributed by atoms with Crippen LogP contribution < -0.4 is 21.3 Å². The Bertz CT molecular complexity index is 909. The Morgan fingerprint density at radius 2 is 1.73 bits per heavy atom. The number of carbonyl (C=O) groups excluding carboxylic acids is 5. The van der Waals surface area contributed by atoms with Crippen LogP contribution in [0.2, 0.25) is 0 Å². The van der Waals surface area contributed by atoms with E-state index in [-0.39, 0.29) is 49.8 Å². The van der Waals surface area contributed by atoms with Crippen LogP contribution in [0, 0.1) is 0 Å². The first kappa shape index (κ1) is 28.5. The van der Waals surface area contributed by atoms with Gasteiger partial charge in [-0.25, -0.2) is 9.59 Å². The minimum Gasteiger partial charge on any atom is -0.480 e. The van der Waals surface area contributed by atoms with E-state index in [1.54, 1.807) is 0 Å². The van der Waals surface area contributed by atoms with Crippen molar-refractivity contribution in [1.29, 1.82) is 0 Å². The zero-order valence-corrected chi connectivity index (χ0v) is 21.5. The summed E-state index contributed by atoms with van der Waals surface area (Å²) >= 11 is 1.86. The van der Waals surface area contributed by atoms with Gasteiger partial charge in [0.1, 0.15) is 6.04 Å². The maximum atomic E-state index is 12.1. The van der Waals surface area contributed by atoms with Gasteiger partial charge in [0, 0.05) is 49.1 Å². The van der Waals surface area contributed by atoms with E-state index in [0.717, 1.165) is 29.9 Å². The lowest BCUT2D eigenvalue weighted by Gasteiger charge is -2.16. The first-order valence-corrected chi connectivity index (χ1v) is 13.8. The minimum atomic E-state index is -1.13. The largest absolute Gasteiger partial charge is 0.480 e. The lowest BCUT2D eigenvalue weighted by molar-refractivity contribution is -0.142. The first-order valence-electron chi connectivity index (χ1n) is 12.8. The molecule has 3 aliphatic rings. The number of carbonyl (C=O) groups is 6. The van der Waals surface area contributed by atoms with Gasteiger partial charge in [0.25, 0.3) is 11.8 Å². The van der Waals surface area contributed by atoms with E-state index in [0.29, 0.717) is 31.1 Å². The topological polar surface area (TPSA) is 174 Å². The lowest BCUT2D eigenvalue weighted by Crippen LogP contribution is -2.41. The Labute approximate surface area is 219 Å². The SMILES string of the molecule is O=C(CCCC[C@@H]1SC[C@@H]2NC(=O)N[C@@H]21)NCCCC[C@H](NC(=O)CCCN1C(=O)C=CC1=O)C(=O)O. The van der Waals surface area contributed by atoms with Crippen molar-refractivity contribution in [3.63, 3.8) is 0 Å². The Hall–Kier alpha value is -3.09. The van der Waals surface area contributed by atoms with Crippen molar-refractivity contribution in [2.75, 3.05) is 18.8 Å². The summed E-state index contributed by atoms with van der Waals surface area (Å²) in [5.41, 5.74) is 0. The lowest BCUT2D eigenvalue weighted by atomic mass is 10.0. The number of nitrogens with zero attached hydrogens (tertiary/aromatic N) is 1. The molecule has 0 radical (unpaired) electrons. The summed E-state index contributed by atoms with van der Waals surface area (Å²) in [7, 11) is 0. The smallest absolute Gasteiger partial charge is 0.326 e. The fourth-order valence-electron chi connectivity index (χ4n) is 4.64. The van der Waals surface area contributed by atoms with Crippen molar-refractivity contribution in [3.05, 3.63) is 12.2 Å². The zero-order chi connectivity index (χ0) is 26.8. The number of unbranched alkanes of at least 4 members (excludes halogenated alkanes) is 2. The van der Waals surface area contributed by atoms with E-state index in [2.05, 4.69) is 21.3 Å². The molecule has 4 atom stereocenters. The number of imide groups is 1. The van der Waals surface area contributed by atoms with Gasteiger partial charge in [-0.2, -0.15) is 11.8 Å². The number of fused-ring (bicyclic) bond motifs is 1. The van der Waals surface area contributed by atoms with E-state index < -0.39 is 29.7 Å². The van der Waals surface area contributed by atoms with Crippen LogP contribution >= 0.6 is 11.8 Å². The van der Waals surface area contributed by atoms with Gasteiger partial charge < -0.3 is 26.4 Å². The molecule has 3 rings (SSSR count). The van der Waals surface area contributed by atoms with Crippen molar-refractivity contribution in [2.45, 2.75) is 81.2 Å². The van der Waals surface area contributed by atoms with Gasteiger partial charge in [-0.05, 0) is 38.5 Å². The number of nitrogens with one attached hydrogen (secondary N) is 4. The molecular formula is C24H35N5O7S. The molecule has 13 heteroatoms. The zero-order valence-electron chi connectivity index (χ0n) is 20.7. The number of amides is 6. The average molecular weight is 538 g/mol. The number of carboxylic acids is 1. The molecule has 3 heterocycles. The van der Waals surface area contributed by atoms with Gasteiger partial charge >= 0.3 is 12.0 Å². The molecule has 2 saturated heterocycles. The molecule has 204 valence electrons. The predicted octanol–water partition coefficient (Wildman–Crippen LogP) is 0.273. The first-order chi connectivity index (χ1) is 17.7. The molecule has 0 aromatic carbocycles. The molecular weight excluding hydrogens is 502 g/mol. The summed E-state index contributed by atoms with van der Waals surface area (Å²) in [6.45, 7) is 0.538. The van der Waals surface area contributed by atoms with E-state index >= 15 is 0 Å².